The molecule has 0 aliphatic heterocycles. The Balaban J connectivity index is 1.99. The molecule has 0 spiro atoms. The van der Waals surface area contributed by atoms with Gasteiger partial charge in [-0.05, 0) is 54.1 Å². The summed E-state index contributed by atoms with van der Waals surface area (Å²) >= 11 is 0. The van der Waals surface area contributed by atoms with E-state index in [4.69, 9.17) is 0 Å². The van der Waals surface area contributed by atoms with Crippen molar-refractivity contribution in [3.05, 3.63) is 70.3 Å². The highest BCUT2D eigenvalue weighted by atomic mass is 15.1. The van der Waals surface area contributed by atoms with Crippen LogP contribution in [-0.2, 0) is 18.5 Å². The summed E-state index contributed by atoms with van der Waals surface area (Å²) in [7, 11) is 2.19. The maximum absolute atomic E-state index is 2.37. The SMILES string of the molecule is Cc1ccc(CN(C)Cc2ccc(C(C)(C)C)cc2)cc1C. The van der Waals surface area contributed by atoms with Crippen molar-refractivity contribution in [2.24, 2.45) is 0 Å². The van der Waals surface area contributed by atoms with Gasteiger partial charge in [0.25, 0.3) is 0 Å². The Morgan fingerprint density at radius 3 is 1.86 bits per heavy atom. The quantitative estimate of drug-likeness (QED) is 0.746. The molecule has 0 aromatic heterocycles. The molecule has 0 heterocycles. The molecule has 2 aromatic carbocycles. The fourth-order valence-electron chi connectivity index (χ4n) is 2.69. The third-order valence-electron chi connectivity index (χ3n) is 4.30. The fraction of sp³-hybridized carbons (Fsp3) is 0.429. The largest absolute Gasteiger partial charge is 0.298 e. The molecule has 0 N–H and O–H groups in total. The predicted octanol–water partition coefficient (Wildman–Crippen LogP) is 5.23. The summed E-state index contributed by atoms with van der Waals surface area (Å²) < 4.78 is 0. The van der Waals surface area contributed by atoms with Gasteiger partial charge in [0.05, 0.1) is 0 Å². The smallest absolute Gasteiger partial charge is 0.0234 e. The normalized spacial score (nSPS) is 12.0. The molecule has 0 aliphatic rings. The molecule has 0 saturated heterocycles. The molecule has 0 bridgehead atoms. The number of hydrogen-bond acceptors (Lipinski definition) is 1. The van der Waals surface area contributed by atoms with E-state index in [2.05, 4.69) is 89.0 Å². The Bertz CT molecular complexity index is 617. The van der Waals surface area contributed by atoms with Gasteiger partial charge in [0.15, 0.2) is 0 Å². The van der Waals surface area contributed by atoms with E-state index in [-0.39, 0.29) is 5.41 Å². The van der Waals surface area contributed by atoms with Gasteiger partial charge >= 0.3 is 0 Å². The van der Waals surface area contributed by atoms with Crippen molar-refractivity contribution in [1.82, 2.24) is 4.90 Å². The van der Waals surface area contributed by atoms with Crippen LogP contribution >= 0.6 is 0 Å². The average Bonchev–Trinajstić information content (AvgIpc) is 2.42. The highest BCUT2D eigenvalue weighted by Gasteiger charge is 2.13. The van der Waals surface area contributed by atoms with Gasteiger partial charge in [0.1, 0.15) is 0 Å². The second-order valence-corrected chi connectivity index (χ2v) is 7.54. The lowest BCUT2D eigenvalue weighted by Gasteiger charge is -2.21. The molecule has 1 heteroatoms. The Kier molecular flexibility index (Phi) is 5.08. The van der Waals surface area contributed by atoms with Crippen LogP contribution in [0.3, 0.4) is 0 Å². The average molecular weight is 295 g/mol. The van der Waals surface area contributed by atoms with E-state index in [9.17, 15) is 0 Å². The lowest BCUT2D eigenvalue weighted by molar-refractivity contribution is 0.319. The van der Waals surface area contributed by atoms with E-state index >= 15 is 0 Å². The molecular formula is C21H29N. The Hall–Kier alpha value is -1.60. The van der Waals surface area contributed by atoms with Gasteiger partial charge in [0, 0.05) is 13.1 Å². The van der Waals surface area contributed by atoms with Crippen molar-refractivity contribution >= 4 is 0 Å². The number of nitrogens with zero attached hydrogens (tertiary/aromatic N) is 1. The van der Waals surface area contributed by atoms with Crippen LogP contribution in [0.5, 0.6) is 0 Å². The zero-order chi connectivity index (χ0) is 16.3. The Morgan fingerprint density at radius 2 is 1.32 bits per heavy atom. The highest BCUT2D eigenvalue weighted by molar-refractivity contribution is 5.30. The first-order valence-electron chi connectivity index (χ1n) is 8.10. The minimum atomic E-state index is 0.226. The second kappa shape index (κ2) is 6.66. The Labute approximate surface area is 136 Å². The molecule has 1 nitrogen and oxygen atoms in total. The van der Waals surface area contributed by atoms with Gasteiger partial charge in [-0.1, -0.05) is 63.2 Å². The summed E-state index contributed by atoms with van der Waals surface area (Å²) in [6.07, 6.45) is 0. The standard InChI is InChI=1S/C21H29N/c1-16-7-8-19(13-17(16)2)15-22(6)14-18-9-11-20(12-10-18)21(3,4)5/h7-13H,14-15H2,1-6H3. The van der Waals surface area contributed by atoms with Gasteiger partial charge < -0.3 is 0 Å². The maximum atomic E-state index is 2.37. The first-order valence-corrected chi connectivity index (χ1v) is 8.10. The number of aryl methyl sites for hydroxylation is 2. The monoisotopic (exact) mass is 295 g/mol. The van der Waals surface area contributed by atoms with E-state index in [0.717, 1.165) is 13.1 Å². The number of rotatable bonds is 4. The van der Waals surface area contributed by atoms with Gasteiger partial charge in [-0.25, -0.2) is 0 Å². The van der Waals surface area contributed by atoms with E-state index in [0.29, 0.717) is 0 Å². The third-order valence-corrected chi connectivity index (χ3v) is 4.30. The summed E-state index contributed by atoms with van der Waals surface area (Å²) in [5.41, 5.74) is 7.12. The minimum Gasteiger partial charge on any atom is -0.298 e. The van der Waals surface area contributed by atoms with Crippen molar-refractivity contribution in [1.29, 1.82) is 0 Å². The van der Waals surface area contributed by atoms with Crippen LogP contribution in [0.2, 0.25) is 0 Å². The topological polar surface area (TPSA) is 3.24 Å². The van der Waals surface area contributed by atoms with E-state index in [1.165, 1.54) is 27.8 Å². The predicted molar refractivity (Wildman–Crippen MR) is 96.2 cm³/mol. The lowest BCUT2D eigenvalue weighted by Crippen LogP contribution is -2.17. The molecule has 0 atom stereocenters. The molecule has 22 heavy (non-hydrogen) atoms. The van der Waals surface area contributed by atoms with Gasteiger partial charge in [-0.3, -0.25) is 4.90 Å². The molecule has 2 rings (SSSR count). The summed E-state index contributed by atoms with van der Waals surface area (Å²) in [4.78, 5) is 2.37. The first kappa shape index (κ1) is 16.8. The van der Waals surface area contributed by atoms with Gasteiger partial charge in [-0.15, -0.1) is 0 Å². The zero-order valence-corrected chi connectivity index (χ0v) is 14.9. The van der Waals surface area contributed by atoms with E-state index < -0.39 is 0 Å². The van der Waals surface area contributed by atoms with Gasteiger partial charge in [0.2, 0.25) is 0 Å². The van der Waals surface area contributed by atoms with Crippen molar-refractivity contribution < 1.29 is 0 Å². The van der Waals surface area contributed by atoms with Crippen LogP contribution < -0.4 is 0 Å². The highest BCUT2D eigenvalue weighted by Crippen LogP contribution is 2.22. The van der Waals surface area contributed by atoms with Crippen molar-refractivity contribution in [2.75, 3.05) is 7.05 Å². The summed E-state index contributed by atoms with van der Waals surface area (Å²) in [5.74, 6) is 0. The third kappa shape index (κ3) is 4.45. The van der Waals surface area contributed by atoms with Crippen LogP contribution in [0.4, 0.5) is 0 Å². The minimum absolute atomic E-state index is 0.226. The van der Waals surface area contributed by atoms with Crippen LogP contribution in [0, 0.1) is 13.8 Å². The van der Waals surface area contributed by atoms with E-state index in [1.54, 1.807) is 0 Å². The Morgan fingerprint density at radius 1 is 0.773 bits per heavy atom. The lowest BCUT2D eigenvalue weighted by atomic mass is 9.87. The molecule has 0 radical (unpaired) electrons. The van der Waals surface area contributed by atoms with E-state index in [1.807, 2.05) is 0 Å². The van der Waals surface area contributed by atoms with Crippen LogP contribution in [0.25, 0.3) is 0 Å². The molecule has 0 unspecified atom stereocenters. The summed E-state index contributed by atoms with van der Waals surface area (Å²) in [6.45, 7) is 13.1. The molecule has 0 saturated carbocycles. The molecule has 0 fully saturated rings. The fourth-order valence-corrected chi connectivity index (χ4v) is 2.69. The van der Waals surface area contributed by atoms with Crippen molar-refractivity contribution in [3.63, 3.8) is 0 Å². The maximum Gasteiger partial charge on any atom is 0.0234 e. The number of benzene rings is 2. The summed E-state index contributed by atoms with van der Waals surface area (Å²) in [5, 5.41) is 0. The second-order valence-electron chi connectivity index (χ2n) is 7.54. The molecule has 2 aromatic rings. The summed E-state index contributed by atoms with van der Waals surface area (Å²) in [6, 6.07) is 15.8. The van der Waals surface area contributed by atoms with Crippen molar-refractivity contribution in [3.8, 4) is 0 Å². The molecule has 0 amide bonds. The molecule has 0 aliphatic carbocycles. The number of hydrogen-bond donors (Lipinski definition) is 0. The molecular weight excluding hydrogens is 266 g/mol. The van der Waals surface area contributed by atoms with Crippen LogP contribution in [0.1, 0.15) is 48.6 Å². The zero-order valence-electron chi connectivity index (χ0n) is 14.9. The molecule has 118 valence electrons. The van der Waals surface area contributed by atoms with Gasteiger partial charge in [-0.2, -0.15) is 0 Å². The van der Waals surface area contributed by atoms with Crippen LogP contribution in [-0.4, -0.2) is 11.9 Å². The van der Waals surface area contributed by atoms with Crippen molar-refractivity contribution in [2.45, 2.75) is 53.1 Å². The first-order chi connectivity index (χ1) is 10.3. The van der Waals surface area contributed by atoms with Crippen LogP contribution in [0.15, 0.2) is 42.5 Å².